The van der Waals surface area contributed by atoms with Gasteiger partial charge in [0.1, 0.15) is 5.75 Å². The smallest absolute Gasteiger partial charge is 0.405 e. The fraction of sp³-hybridized carbons (Fsp3) is 0.300. The fourth-order valence-electron chi connectivity index (χ4n) is 3.32. The summed E-state index contributed by atoms with van der Waals surface area (Å²) in [4.78, 5) is 26.4. The van der Waals surface area contributed by atoms with Crippen LogP contribution < -0.4 is 15.0 Å². The SMILES string of the molecule is O=C(O)NC1C(=O)N(CC2CC2)c2ccccc2OC1c1ccccc1. The highest BCUT2D eigenvalue weighted by Crippen LogP contribution is 2.40. The predicted octanol–water partition coefficient (Wildman–Crippen LogP) is 3.20. The number of fused-ring (bicyclic) bond motifs is 1. The first-order valence-corrected chi connectivity index (χ1v) is 8.75. The Balaban J connectivity index is 1.79. The van der Waals surface area contributed by atoms with E-state index in [0.717, 1.165) is 18.4 Å². The average molecular weight is 352 g/mol. The number of ether oxygens (including phenoxy) is 1. The number of carboxylic acid groups (broad SMARTS) is 1. The molecule has 0 spiro atoms. The number of anilines is 1. The maximum atomic E-state index is 13.3. The normalized spacial score (nSPS) is 22.2. The van der Waals surface area contributed by atoms with Crippen LogP contribution in [0.5, 0.6) is 5.75 Å². The summed E-state index contributed by atoms with van der Waals surface area (Å²) >= 11 is 0. The van der Waals surface area contributed by atoms with E-state index in [1.165, 1.54) is 0 Å². The third kappa shape index (κ3) is 3.22. The quantitative estimate of drug-likeness (QED) is 0.886. The maximum absolute atomic E-state index is 13.3. The van der Waals surface area contributed by atoms with Crippen LogP contribution >= 0.6 is 0 Å². The Kier molecular flexibility index (Phi) is 4.24. The van der Waals surface area contributed by atoms with Crippen LogP contribution in [0.25, 0.3) is 0 Å². The Labute approximate surface area is 151 Å². The van der Waals surface area contributed by atoms with Gasteiger partial charge in [-0.15, -0.1) is 0 Å². The Bertz CT molecular complexity index is 820. The van der Waals surface area contributed by atoms with Crippen molar-refractivity contribution < 1.29 is 19.4 Å². The molecule has 2 aliphatic rings. The van der Waals surface area contributed by atoms with Crippen molar-refractivity contribution in [2.75, 3.05) is 11.4 Å². The van der Waals surface area contributed by atoms with Gasteiger partial charge >= 0.3 is 6.09 Å². The van der Waals surface area contributed by atoms with Crippen molar-refractivity contribution in [3.8, 4) is 5.75 Å². The molecule has 1 aliphatic carbocycles. The highest BCUT2D eigenvalue weighted by molar-refractivity contribution is 6.01. The zero-order valence-electron chi connectivity index (χ0n) is 14.2. The lowest BCUT2D eigenvalue weighted by Crippen LogP contribution is -2.51. The number of hydrogen-bond acceptors (Lipinski definition) is 3. The molecule has 0 aromatic heterocycles. The van der Waals surface area contributed by atoms with Crippen molar-refractivity contribution >= 4 is 17.7 Å². The topological polar surface area (TPSA) is 78.9 Å². The third-order valence-corrected chi connectivity index (χ3v) is 4.79. The van der Waals surface area contributed by atoms with Gasteiger partial charge in [-0.3, -0.25) is 4.79 Å². The van der Waals surface area contributed by atoms with E-state index in [9.17, 15) is 14.7 Å². The molecule has 1 heterocycles. The molecule has 0 radical (unpaired) electrons. The summed E-state index contributed by atoms with van der Waals surface area (Å²) in [6, 6.07) is 15.6. The van der Waals surface area contributed by atoms with E-state index in [-0.39, 0.29) is 5.91 Å². The van der Waals surface area contributed by atoms with Gasteiger partial charge in [0.2, 0.25) is 0 Å². The van der Waals surface area contributed by atoms with E-state index >= 15 is 0 Å². The second-order valence-corrected chi connectivity index (χ2v) is 6.74. The molecule has 1 aliphatic heterocycles. The molecular formula is C20H20N2O4. The zero-order valence-corrected chi connectivity index (χ0v) is 14.2. The van der Waals surface area contributed by atoms with E-state index < -0.39 is 18.2 Å². The van der Waals surface area contributed by atoms with E-state index in [1.807, 2.05) is 54.6 Å². The number of hydrogen-bond donors (Lipinski definition) is 2. The van der Waals surface area contributed by atoms with Crippen LogP contribution in [-0.4, -0.2) is 29.7 Å². The molecule has 2 aromatic rings. The number of amides is 2. The Hall–Kier alpha value is -3.02. The van der Waals surface area contributed by atoms with Crippen LogP contribution in [0, 0.1) is 5.92 Å². The molecule has 134 valence electrons. The standard InChI is InChI=1S/C20H20N2O4/c23-19-17(21-20(24)25)18(14-6-2-1-3-7-14)26-16-9-5-4-8-15(16)22(19)12-13-10-11-13/h1-9,13,17-18,21H,10-12H2,(H,24,25). The van der Waals surface area contributed by atoms with E-state index in [2.05, 4.69) is 5.32 Å². The maximum Gasteiger partial charge on any atom is 0.405 e. The second-order valence-electron chi connectivity index (χ2n) is 6.74. The molecule has 2 aromatic carbocycles. The lowest BCUT2D eigenvalue weighted by atomic mass is 10.0. The molecule has 2 atom stereocenters. The van der Waals surface area contributed by atoms with E-state index in [1.54, 1.807) is 4.90 Å². The van der Waals surface area contributed by atoms with Gasteiger partial charge in [-0.25, -0.2) is 4.79 Å². The van der Waals surface area contributed by atoms with Gasteiger partial charge in [-0.1, -0.05) is 42.5 Å². The van der Waals surface area contributed by atoms with Gasteiger partial charge in [0, 0.05) is 6.54 Å². The molecule has 6 nitrogen and oxygen atoms in total. The molecule has 0 bridgehead atoms. The average Bonchev–Trinajstić information content (AvgIpc) is 3.47. The number of para-hydroxylation sites is 2. The number of nitrogens with zero attached hydrogens (tertiary/aromatic N) is 1. The molecule has 0 saturated heterocycles. The summed E-state index contributed by atoms with van der Waals surface area (Å²) in [5.74, 6) is 0.772. The molecule has 1 fully saturated rings. The van der Waals surface area contributed by atoms with Crippen molar-refractivity contribution in [1.29, 1.82) is 0 Å². The van der Waals surface area contributed by atoms with Gasteiger partial charge in [0.05, 0.1) is 5.69 Å². The lowest BCUT2D eigenvalue weighted by molar-refractivity contribution is -0.122. The van der Waals surface area contributed by atoms with Crippen molar-refractivity contribution in [3.05, 3.63) is 60.2 Å². The largest absolute Gasteiger partial charge is 0.481 e. The molecule has 6 heteroatoms. The van der Waals surface area contributed by atoms with Gasteiger partial charge in [0.15, 0.2) is 12.1 Å². The summed E-state index contributed by atoms with van der Waals surface area (Å²) in [7, 11) is 0. The summed E-state index contributed by atoms with van der Waals surface area (Å²) in [5.41, 5.74) is 1.45. The number of carbonyl (C=O) groups is 2. The molecule has 4 rings (SSSR count). The van der Waals surface area contributed by atoms with Gasteiger partial charge in [-0.05, 0) is 36.5 Å². The molecule has 1 saturated carbocycles. The first-order valence-electron chi connectivity index (χ1n) is 8.75. The monoisotopic (exact) mass is 352 g/mol. The zero-order chi connectivity index (χ0) is 18.1. The number of carbonyl (C=O) groups excluding carboxylic acids is 1. The number of benzene rings is 2. The minimum atomic E-state index is -1.25. The first-order chi connectivity index (χ1) is 12.6. The highest BCUT2D eigenvalue weighted by Gasteiger charge is 2.41. The van der Waals surface area contributed by atoms with Gasteiger partial charge in [-0.2, -0.15) is 0 Å². The predicted molar refractivity (Wildman–Crippen MR) is 96.3 cm³/mol. The highest BCUT2D eigenvalue weighted by atomic mass is 16.5. The van der Waals surface area contributed by atoms with E-state index in [4.69, 9.17) is 4.74 Å². The van der Waals surface area contributed by atoms with Gasteiger partial charge in [0.25, 0.3) is 5.91 Å². The van der Waals surface area contributed by atoms with Crippen molar-refractivity contribution in [2.24, 2.45) is 5.92 Å². The van der Waals surface area contributed by atoms with Crippen LogP contribution in [0.15, 0.2) is 54.6 Å². The second kappa shape index (κ2) is 6.71. The van der Waals surface area contributed by atoms with Crippen molar-refractivity contribution in [2.45, 2.75) is 25.0 Å². The first kappa shape index (κ1) is 16.4. The van der Waals surface area contributed by atoms with Crippen LogP contribution in [0.4, 0.5) is 10.5 Å². The van der Waals surface area contributed by atoms with Crippen molar-refractivity contribution in [1.82, 2.24) is 5.32 Å². The van der Waals surface area contributed by atoms with Crippen LogP contribution in [0.3, 0.4) is 0 Å². The summed E-state index contributed by atoms with van der Waals surface area (Å²) in [5, 5.41) is 11.7. The molecule has 2 N–H and O–H groups in total. The van der Waals surface area contributed by atoms with Crippen LogP contribution in [-0.2, 0) is 4.79 Å². The van der Waals surface area contributed by atoms with Crippen LogP contribution in [0.1, 0.15) is 24.5 Å². The number of rotatable bonds is 4. The molecule has 2 amide bonds. The fourth-order valence-corrected chi connectivity index (χ4v) is 3.32. The number of nitrogens with one attached hydrogen (secondary N) is 1. The Morgan fingerprint density at radius 2 is 1.81 bits per heavy atom. The Morgan fingerprint density at radius 1 is 1.12 bits per heavy atom. The summed E-state index contributed by atoms with van der Waals surface area (Å²) < 4.78 is 6.17. The minimum Gasteiger partial charge on any atom is -0.481 e. The van der Waals surface area contributed by atoms with Gasteiger partial charge < -0.3 is 20.1 Å². The van der Waals surface area contributed by atoms with Crippen molar-refractivity contribution in [3.63, 3.8) is 0 Å². The minimum absolute atomic E-state index is 0.280. The van der Waals surface area contributed by atoms with E-state index in [0.29, 0.717) is 23.9 Å². The summed E-state index contributed by atoms with van der Waals surface area (Å²) in [6.45, 7) is 0.582. The lowest BCUT2D eigenvalue weighted by Gasteiger charge is -2.27. The Morgan fingerprint density at radius 3 is 2.50 bits per heavy atom. The summed E-state index contributed by atoms with van der Waals surface area (Å²) in [6.07, 6.45) is 0.202. The third-order valence-electron chi connectivity index (χ3n) is 4.79. The molecular weight excluding hydrogens is 332 g/mol. The molecule has 26 heavy (non-hydrogen) atoms. The van der Waals surface area contributed by atoms with Crippen LogP contribution in [0.2, 0.25) is 0 Å². The molecule has 2 unspecified atom stereocenters.